The number of hydrogen-bond donors (Lipinski definition) is 1. The van der Waals surface area contributed by atoms with Crippen LogP contribution in [0.1, 0.15) is 16.8 Å². The molecule has 0 aromatic carbocycles. The van der Waals surface area contributed by atoms with Crippen molar-refractivity contribution in [2.45, 2.75) is 13.0 Å². The second kappa shape index (κ2) is 6.03. The van der Waals surface area contributed by atoms with Gasteiger partial charge >= 0.3 is 0 Å². The quantitative estimate of drug-likeness (QED) is 0.657. The van der Waals surface area contributed by atoms with Crippen molar-refractivity contribution in [2.75, 3.05) is 6.54 Å². The molecule has 0 atom stereocenters. The van der Waals surface area contributed by atoms with E-state index < -0.39 is 17.7 Å². The lowest BCUT2D eigenvalue weighted by Gasteiger charge is -2.06. The lowest BCUT2D eigenvalue weighted by atomic mass is 10.2. The molecule has 2 aromatic rings. The van der Waals surface area contributed by atoms with E-state index >= 15 is 0 Å². The van der Waals surface area contributed by atoms with Gasteiger partial charge in [-0.1, -0.05) is 0 Å². The zero-order valence-electron chi connectivity index (χ0n) is 10.0. The zero-order valence-corrected chi connectivity index (χ0v) is 10.0. The van der Waals surface area contributed by atoms with Crippen LogP contribution in [-0.4, -0.2) is 27.2 Å². The summed E-state index contributed by atoms with van der Waals surface area (Å²) in [6.07, 6.45) is 5.16. The van der Waals surface area contributed by atoms with Crippen LogP contribution in [-0.2, 0) is 6.54 Å². The van der Waals surface area contributed by atoms with Crippen LogP contribution in [0.2, 0.25) is 0 Å². The van der Waals surface area contributed by atoms with Crippen LogP contribution in [0.15, 0.2) is 30.7 Å². The monoisotopic (exact) mass is 266 g/mol. The van der Waals surface area contributed by atoms with Gasteiger partial charge in [0.05, 0.1) is 5.56 Å². The number of aromatic nitrogens is 3. The summed E-state index contributed by atoms with van der Waals surface area (Å²) in [4.78, 5) is 14.7. The molecule has 0 saturated heterocycles. The normalized spacial score (nSPS) is 10.4. The van der Waals surface area contributed by atoms with Gasteiger partial charge in [-0.25, -0.2) is 9.37 Å². The first-order valence-electron chi connectivity index (χ1n) is 5.74. The number of aryl methyl sites for hydroxylation is 1. The second-order valence-corrected chi connectivity index (χ2v) is 3.84. The highest BCUT2D eigenvalue weighted by molar-refractivity contribution is 5.94. The lowest BCUT2D eigenvalue weighted by molar-refractivity contribution is 0.0947. The van der Waals surface area contributed by atoms with E-state index in [1.54, 1.807) is 23.1 Å². The second-order valence-electron chi connectivity index (χ2n) is 3.84. The molecule has 0 aliphatic heterocycles. The average Bonchev–Trinajstić information content (AvgIpc) is 2.91. The Hall–Kier alpha value is -2.31. The van der Waals surface area contributed by atoms with Crippen LogP contribution < -0.4 is 5.32 Å². The molecule has 7 heteroatoms. The molecule has 5 nitrogen and oxygen atoms in total. The fourth-order valence-corrected chi connectivity index (χ4v) is 1.56. The van der Waals surface area contributed by atoms with Crippen molar-refractivity contribution in [3.63, 3.8) is 0 Å². The van der Waals surface area contributed by atoms with E-state index in [1.165, 1.54) is 0 Å². The van der Waals surface area contributed by atoms with Gasteiger partial charge in [-0.2, -0.15) is 9.49 Å². The van der Waals surface area contributed by atoms with Gasteiger partial charge < -0.3 is 5.32 Å². The number of pyridine rings is 1. The molecule has 0 unspecified atom stereocenters. The van der Waals surface area contributed by atoms with Crippen molar-refractivity contribution < 1.29 is 13.6 Å². The fourth-order valence-electron chi connectivity index (χ4n) is 1.56. The molecule has 2 rings (SSSR count). The van der Waals surface area contributed by atoms with Crippen LogP contribution in [0.3, 0.4) is 0 Å². The van der Waals surface area contributed by atoms with E-state index in [1.807, 2.05) is 0 Å². The summed E-state index contributed by atoms with van der Waals surface area (Å²) in [5.74, 6) is -3.16. The SMILES string of the molecule is O=C(NCCCn1cccn1)c1ccnc(F)c1F. The van der Waals surface area contributed by atoms with Gasteiger partial charge in [-0.3, -0.25) is 9.48 Å². The molecule has 0 fully saturated rings. The molecule has 19 heavy (non-hydrogen) atoms. The standard InChI is InChI=1S/C12H12F2N4O/c13-10-9(3-6-15-11(10)14)12(19)16-4-1-7-18-8-2-5-17-18/h2-3,5-6,8H,1,4,7H2,(H,16,19). The molecule has 1 N–H and O–H groups in total. The minimum Gasteiger partial charge on any atom is -0.352 e. The Bertz CT molecular complexity index is 557. The maximum Gasteiger partial charge on any atom is 0.254 e. The number of carbonyl (C=O) groups excluding carboxylic acids is 1. The van der Waals surface area contributed by atoms with Crippen LogP contribution in [0, 0.1) is 11.8 Å². The van der Waals surface area contributed by atoms with E-state index in [2.05, 4.69) is 15.4 Å². The summed E-state index contributed by atoms with van der Waals surface area (Å²) in [6.45, 7) is 0.989. The molecule has 2 aromatic heterocycles. The van der Waals surface area contributed by atoms with Crippen molar-refractivity contribution in [2.24, 2.45) is 0 Å². The van der Waals surface area contributed by atoms with E-state index in [-0.39, 0.29) is 5.56 Å². The van der Waals surface area contributed by atoms with Crippen molar-refractivity contribution in [1.82, 2.24) is 20.1 Å². The Kier molecular flexibility index (Phi) is 4.17. The number of amides is 1. The molecular formula is C12H12F2N4O. The Morgan fingerprint density at radius 2 is 2.21 bits per heavy atom. The number of nitrogens with zero attached hydrogens (tertiary/aromatic N) is 3. The lowest BCUT2D eigenvalue weighted by Crippen LogP contribution is -2.26. The van der Waals surface area contributed by atoms with Gasteiger partial charge in [0.1, 0.15) is 0 Å². The topological polar surface area (TPSA) is 59.8 Å². The minimum atomic E-state index is -1.27. The molecule has 0 aliphatic rings. The Labute approximate surface area is 108 Å². The summed E-state index contributed by atoms with van der Waals surface area (Å²) in [6, 6.07) is 2.94. The molecule has 0 aliphatic carbocycles. The number of carbonyl (C=O) groups is 1. The maximum atomic E-state index is 13.3. The Morgan fingerprint density at radius 1 is 1.37 bits per heavy atom. The van der Waals surface area contributed by atoms with Gasteiger partial charge in [0.15, 0.2) is 5.82 Å². The smallest absolute Gasteiger partial charge is 0.254 e. The highest BCUT2D eigenvalue weighted by Gasteiger charge is 2.15. The van der Waals surface area contributed by atoms with E-state index in [4.69, 9.17) is 0 Å². The zero-order chi connectivity index (χ0) is 13.7. The number of hydrogen-bond acceptors (Lipinski definition) is 3. The summed E-state index contributed by atoms with van der Waals surface area (Å²) in [5.41, 5.74) is -0.341. The van der Waals surface area contributed by atoms with Crippen LogP contribution in [0.5, 0.6) is 0 Å². The van der Waals surface area contributed by atoms with Gasteiger partial charge in [-0.15, -0.1) is 0 Å². The summed E-state index contributed by atoms with van der Waals surface area (Å²) in [7, 11) is 0. The Balaban J connectivity index is 1.83. The number of nitrogens with one attached hydrogen (secondary N) is 1. The first-order valence-corrected chi connectivity index (χ1v) is 5.74. The van der Waals surface area contributed by atoms with Gasteiger partial charge in [0, 0.05) is 31.7 Å². The predicted molar refractivity (Wildman–Crippen MR) is 63.3 cm³/mol. The largest absolute Gasteiger partial charge is 0.352 e. The van der Waals surface area contributed by atoms with E-state index in [0.717, 1.165) is 12.3 Å². The predicted octanol–water partition coefficient (Wildman–Crippen LogP) is 1.38. The van der Waals surface area contributed by atoms with Crippen LogP contribution >= 0.6 is 0 Å². The van der Waals surface area contributed by atoms with Crippen molar-refractivity contribution in [3.05, 3.63) is 48.1 Å². The molecule has 100 valence electrons. The third-order valence-corrected chi connectivity index (χ3v) is 2.50. The summed E-state index contributed by atoms with van der Waals surface area (Å²) in [5, 5.41) is 6.52. The molecule has 1 amide bonds. The molecule has 0 spiro atoms. The molecule has 0 radical (unpaired) electrons. The highest BCUT2D eigenvalue weighted by Crippen LogP contribution is 2.08. The fraction of sp³-hybridized carbons (Fsp3) is 0.250. The highest BCUT2D eigenvalue weighted by atomic mass is 19.2. The van der Waals surface area contributed by atoms with E-state index in [0.29, 0.717) is 19.5 Å². The first kappa shape index (κ1) is 13.1. The molecular weight excluding hydrogens is 254 g/mol. The molecule has 2 heterocycles. The van der Waals surface area contributed by atoms with Crippen LogP contribution in [0.25, 0.3) is 0 Å². The van der Waals surface area contributed by atoms with Gasteiger partial charge in [0.2, 0.25) is 5.95 Å². The van der Waals surface area contributed by atoms with Gasteiger partial charge in [-0.05, 0) is 18.6 Å². The summed E-state index contributed by atoms with van der Waals surface area (Å²) < 4.78 is 27.8. The van der Waals surface area contributed by atoms with E-state index in [9.17, 15) is 13.6 Å². The molecule has 0 bridgehead atoms. The van der Waals surface area contributed by atoms with Gasteiger partial charge in [0.25, 0.3) is 5.91 Å². The maximum absolute atomic E-state index is 13.3. The Morgan fingerprint density at radius 3 is 2.95 bits per heavy atom. The van der Waals surface area contributed by atoms with Crippen LogP contribution in [0.4, 0.5) is 8.78 Å². The summed E-state index contributed by atoms with van der Waals surface area (Å²) >= 11 is 0. The van der Waals surface area contributed by atoms with Crippen molar-refractivity contribution >= 4 is 5.91 Å². The van der Waals surface area contributed by atoms with Crippen molar-refractivity contribution in [1.29, 1.82) is 0 Å². The average molecular weight is 266 g/mol. The third kappa shape index (κ3) is 3.34. The minimum absolute atomic E-state index is 0.341. The van der Waals surface area contributed by atoms with Crippen molar-refractivity contribution in [3.8, 4) is 0 Å². The third-order valence-electron chi connectivity index (χ3n) is 2.50. The first-order chi connectivity index (χ1) is 9.18. The number of rotatable bonds is 5. The molecule has 0 saturated carbocycles. The number of halogens is 2.